The predicted molar refractivity (Wildman–Crippen MR) is 218 cm³/mol. The van der Waals surface area contributed by atoms with E-state index in [0.29, 0.717) is 44.6 Å². The Morgan fingerprint density at radius 1 is 0.836 bits per heavy atom. The Morgan fingerprint density at radius 2 is 1.51 bits per heavy atom. The van der Waals surface area contributed by atoms with Crippen LogP contribution in [0, 0.1) is 0 Å². The first-order chi connectivity index (χ1) is 26.7. The zero-order valence-electron chi connectivity index (χ0n) is 31.7. The quantitative estimate of drug-likeness (QED) is 0.0395. The molecule has 1 aromatic heterocycles. The van der Waals surface area contributed by atoms with Gasteiger partial charge in [0.2, 0.25) is 17.7 Å². The van der Waals surface area contributed by atoms with E-state index in [4.69, 9.17) is 11.5 Å². The Hall–Kier alpha value is -6.01. The molecule has 5 rings (SSSR count). The minimum atomic E-state index is -0.836. The minimum absolute atomic E-state index is 0.00148. The summed E-state index contributed by atoms with van der Waals surface area (Å²) < 4.78 is 0. The molecule has 288 valence electrons. The number of fused-ring (bicyclic) bond motifs is 1. The lowest BCUT2D eigenvalue weighted by Gasteiger charge is -2.32. The van der Waals surface area contributed by atoms with E-state index in [1.54, 1.807) is 6.20 Å². The van der Waals surface area contributed by atoms with Crippen molar-refractivity contribution in [3.63, 3.8) is 0 Å². The second-order valence-corrected chi connectivity index (χ2v) is 13.8. The highest BCUT2D eigenvalue weighted by molar-refractivity contribution is 5.87. The first-order valence-electron chi connectivity index (χ1n) is 18.9. The van der Waals surface area contributed by atoms with Crippen LogP contribution in [-0.2, 0) is 27.2 Å². The number of guanidine groups is 1. The first kappa shape index (κ1) is 40.2. The molecule has 0 aliphatic carbocycles. The van der Waals surface area contributed by atoms with Crippen molar-refractivity contribution < 1.29 is 14.4 Å². The molecular formula is C43H53N9O3. The van der Waals surface area contributed by atoms with Crippen LogP contribution in [0.4, 0.5) is 0 Å². The van der Waals surface area contributed by atoms with Crippen LogP contribution in [0.2, 0.25) is 0 Å². The molecular weight excluding hydrogens is 691 g/mol. The van der Waals surface area contributed by atoms with E-state index < -0.39 is 18.1 Å². The van der Waals surface area contributed by atoms with Crippen LogP contribution >= 0.6 is 0 Å². The molecule has 55 heavy (non-hydrogen) atoms. The third-order valence-electron chi connectivity index (χ3n) is 9.67. The van der Waals surface area contributed by atoms with E-state index in [9.17, 15) is 14.4 Å². The number of aromatic amines is 1. The van der Waals surface area contributed by atoms with Crippen molar-refractivity contribution in [2.24, 2.45) is 16.5 Å². The van der Waals surface area contributed by atoms with Gasteiger partial charge in [0.25, 0.3) is 0 Å². The number of aromatic nitrogens is 2. The fraction of sp³-hybridized carbons (Fsp3) is 0.326. The SMILES string of the molecule is CCN(CC(c1ccccc1)c1ccccc1)C(=O)C(CCCN=C(N)N)NCC(Cc1ccc2ccccc2c1)NC(=O)C(Cc1cnc[nH]1)NC(C)=O. The summed E-state index contributed by atoms with van der Waals surface area (Å²) >= 11 is 0. The number of imidazole rings is 1. The normalized spacial score (nSPS) is 12.8. The Bertz CT molecular complexity index is 1940. The number of likely N-dealkylation sites (N-methyl/N-ethyl adjacent to an activating group) is 1. The standard InChI is InChI=1S/C43H53N9O3/c1-3-52(28-38(33-14-6-4-7-15-33)34-16-8-5-9-17-34)42(55)39(19-12-22-47-43(44)45)48-27-37(24-31-20-21-32-13-10-11-18-35(32)23-31)51-41(54)40(50-30(2)53)25-36-26-46-29-49-36/h4-11,13-18,20-21,23,26,29,37-40,48H,3,12,19,22,24-25,27-28H2,1-2H3,(H,46,49)(H,50,53)(H,51,54)(H4,44,45,47). The van der Waals surface area contributed by atoms with E-state index in [2.05, 4.69) is 85.5 Å². The summed E-state index contributed by atoms with van der Waals surface area (Å²) in [6, 6.07) is 33.0. The van der Waals surface area contributed by atoms with Gasteiger partial charge in [-0.25, -0.2) is 4.98 Å². The van der Waals surface area contributed by atoms with Crippen molar-refractivity contribution in [3.8, 4) is 0 Å². The Labute approximate surface area is 323 Å². The van der Waals surface area contributed by atoms with Gasteiger partial charge in [-0.3, -0.25) is 19.4 Å². The molecule has 12 nitrogen and oxygen atoms in total. The zero-order chi connectivity index (χ0) is 39.0. The summed E-state index contributed by atoms with van der Waals surface area (Å²) in [4.78, 5) is 53.8. The molecule has 3 atom stereocenters. The molecule has 0 fully saturated rings. The largest absolute Gasteiger partial charge is 0.370 e. The summed E-state index contributed by atoms with van der Waals surface area (Å²) in [6.07, 6.45) is 4.93. The molecule has 0 saturated carbocycles. The van der Waals surface area contributed by atoms with Gasteiger partial charge in [0.15, 0.2) is 5.96 Å². The van der Waals surface area contributed by atoms with Crippen LogP contribution in [0.25, 0.3) is 10.8 Å². The molecule has 0 spiro atoms. The van der Waals surface area contributed by atoms with Gasteiger partial charge in [0.05, 0.1) is 12.4 Å². The lowest BCUT2D eigenvalue weighted by atomic mass is 9.90. The van der Waals surface area contributed by atoms with Gasteiger partial charge in [-0.15, -0.1) is 0 Å². The number of amides is 3. The summed E-state index contributed by atoms with van der Waals surface area (Å²) in [5.74, 6) is -0.734. The monoisotopic (exact) mass is 743 g/mol. The van der Waals surface area contributed by atoms with Crippen LogP contribution in [0.5, 0.6) is 0 Å². The molecule has 0 bridgehead atoms. The number of rotatable bonds is 20. The van der Waals surface area contributed by atoms with Crippen molar-refractivity contribution in [2.45, 2.75) is 63.6 Å². The van der Waals surface area contributed by atoms with Gasteiger partial charge in [-0.2, -0.15) is 0 Å². The van der Waals surface area contributed by atoms with Crippen molar-refractivity contribution in [1.29, 1.82) is 0 Å². The van der Waals surface area contributed by atoms with Crippen molar-refractivity contribution in [3.05, 3.63) is 138 Å². The number of carbonyl (C=O) groups excluding carboxylic acids is 3. The summed E-state index contributed by atoms with van der Waals surface area (Å²) in [7, 11) is 0. The fourth-order valence-corrected chi connectivity index (χ4v) is 6.89. The lowest BCUT2D eigenvalue weighted by Crippen LogP contribution is -2.55. The van der Waals surface area contributed by atoms with Crippen molar-refractivity contribution >= 4 is 34.5 Å². The second kappa shape index (κ2) is 20.4. The average Bonchev–Trinajstić information content (AvgIpc) is 3.71. The molecule has 8 N–H and O–H groups in total. The smallest absolute Gasteiger partial charge is 0.243 e. The molecule has 4 aromatic carbocycles. The number of hydrogen-bond acceptors (Lipinski definition) is 6. The third kappa shape index (κ3) is 12.3. The van der Waals surface area contributed by atoms with Gasteiger partial charge in [-0.05, 0) is 53.6 Å². The number of H-pyrrole nitrogens is 1. The van der Waals surface area contributed by atoms with E-state index in [-0.39, 0.29) is 42.6 Å². The highest BCUT2D eigenvalue weighted by Crippen LogP contribution is 2.26. The molecule has 1 heterocycles. The van der Waals surface area contributed by atoms with Crippen LogP contribution in [-0.4, -0.2) is 82.9 Å². The fourth-order valence-electron chi connectivity index (χ4n) is 6.89. The summed E-state index contributed by atoms with van der Waals surface area (Å²) in [5.41, 5.74) is 15.2. The molecule has 3 amide bonds. The third-order valence-corrected chi connectivity index (χ3v) is 9.67. The second-order valence-electron chi connectivity index (χ2n) is 13.8. The van der Waals surface area contributed by atoms with Crippen LogP contribution in [0.15, 0.2) is 121 Å². The van der Waals surface area contributed by atoms with Crippen LogP contribution in [0.1, 0.15) is 55.0 Å². The van der Waals surface area contributed by atoms with E-state index >= 15 is 0 Å². The molecule has 12 heteroatoms. The first-order valence-corrected chi connectivity index (χ1v) is 18.9. The maximum Gasteiger partial charge on any atom is 0.243 e. The molecule has 3 unspecified atom stereocenters. The molecule has 0 aliphatic rings. The van der Waals surface area contributed by atoms with Crippen LogP contribution < -0.4 is 27.4 Å². The summed E-state index contributed by atoms with van der Waals surface area (Å²) in [6.45, 7) is 5.03. The predicted octanol–water partition coefficient (Wildman–Crippen LogP) is 4.03. The van der Waals surface area contributed by atoms with Gasteiger partial charge >= 0.3 is 0 Å². The highest BCUT2D eigenvalue weighted by atomic mass is 16.2. The Kier molecular flexibility index (Phi) is 14.9. The minimum Gasteiger partial charge on any atom is -0.370 e. The topological polar surface area (TPSA) is 184 Å². The highest BCUT2D eigenvalue weighted by Gasteiger charge is 2.29. The van der Waals surface area contributed by atoms with E-state index in [1.165, 1.54) is 13.3 Å². The molecule has 5 aromatic rings. The van der Waals surface area contributed by atoms with Gasteiger partial charge in [0, 0.05) is 63.4 Å². The molecule has 0 aliphatic heterocycles. The van der Waals surface area contributed by atoms with E-state index in [1.807, 2.05) is 60.4 Å². The maximum atomic E-state index is 14.6. The van der Waals surface area contributed by atoms with Gasteiger partial charge < -0.3 is 37.3 Å². The van der Waals surface area contributed by atoms with Crippen molar-refractivity contribution in [2.75, 3.05) is 26.2 Å². The Balaban J connectivity index is 1.40. The number of hydrogen-bond donors (Lipinski definition) is 6. The molecule has 0 radical (unpaired) electrons. The van der Waals surface area contributed by atoms with Gasteiger partial charge in [0.1, 0.15) is 6.04 Å². The van der Waals surface area contributed by atoms with E-state index in [0.717, 1.165) is 27.5 Å². The molecule has 0 saturated heterocycles. The Morgan fingerprint density at radius 3 is 2.13 bits per heavy atom. The van der Waals surface area contributed by atoms with Crippen molar-refractivity contribution in [1.82, 2.24) is 30.8 Å². The number of nitrogens with zero attached hydrogens (tertiary/aromatic N) is 3. The van der Waals surface area contributed by atoms with Gasteiger partial charge in [-0.1, -0.05) is 103 Å². The number of aliphatic imine (C=N–C) groups is 1. The summed E-state index contributed by atoms with van der Waals surface area (Å²) in [5, 5.41) is 11.7. The lowest BCUT2D eigenvalue weighted by molar-refractivity contribution is -0.133. The number of nitrogens with one attached hydrogen (secondary N) is 4. The average molecular weight is 744 g/mol. The van der Waals surface area contributed by atoms with Crippen LogP contribution in [0.3, 0.4) is 0 Å². The maximum absolute atomic E-state index is 14.6. The number of benzene rings is 4. The number of carbonyl (C=O) groups is 3. The number of nitrogens with two attached hydrogens (primary N) is 2. The zero-order valence-corrected chi connectivity index (χ0v) is 31.7.